The number of piperidine rings is 1. The molecule has 1 aromatic heterocycles. The molecule has 2 N–H and O–H groups in total. The highest BCUT2D eigenvalue weighted by atomic mass is 127. The number of aryl methyl sites for hydroxylation is 1. The van der Waals surface area contributed by atoms with Gasteiger partial charge in [-0.3, -0.25) is 9.79 Å². The average molecular weight is 493 g/mol. The van der Waals surface area contributed by atoms with Crippen molar-refractivity contribution in [2.24, 2.45) is 4.99 Å². The second kappa shape index (κ2) is 11.6. The number of hydrogen-bond acceptors (Lipinski definition) is 3. The molecule has 0 bridgehead atoms. The van der Waals surface area contributed by atoms with Gasteiger partial charge in [-0.1, -0.05) is 24.3 Å². The topological polar surface area (TPSA) is 69.6 Å². The van der Waals surface area contributed by atoms with E-state index < -0.39 is 0 Å². The smallest absolute Gasteiger partial charge is 0.227 e. The minimum absolute atomic E-state index is 0. The molecule has 2 heterocycles. The van der Waals surface area contributed by atoms with Gasteiger partial charge in [0.15, 0.2) is 5.96 Å². The van der Waals surface area contributed by atoms with Gasteiger partial charge in [0.05, 0.1) is 6.54 Å². The van der Waals surface area contributed by atoms with Crippen molar-refractivity contribution in [1.82, 2.24) is 9.88 Å². The van der Waals surface area contributed by atoms with E-state index in [-0.39, 0.29) is 29.9 Å². The Morgan fingerprint density at radius 2 is 1.79 bits per heavy atom. The van der Waals surface area contributed by atoms with Crippen LogP contribution in [0.25, 0.3) is 0 Å². The number of nitrogens with one attached hydrogen (secondary N) is 2. The summed E-state index contributed by atoms with van der Waals surface area (Å²) in [5.41, 5.74) is 1.89. The van der Waals surface area contributed by atoms with Gasteiger partial charge in [0.25, 0.3) is 0 Å². The van der Waals surface area contributed by atoms with Crippen molar-refractivity contribution in [3.8, 4) is 0 Å². The number of likely N-dealkylation sites (tertiary alicyclic amines) is 1. The number of rotatable bonds is 5. The first-order valence-corrected chi connectivity index (χ1v) is 9.56. The maximum absolute atomic E-state index is 12.2. The summed E-state index contributed by atoms with van der Waals surface area (Å²) in [7, 11) is 0. The highest BCUT2D eigenvalue weighted by Gasteiger charge is 2.15. The summed E-state index contributed by atoms with van der Waals surface area (Å²) in [6.45, 7) is 4.33. The number of carbonyl (C=O) groups excluding carboxylic acids is 1. The van der Waals surface area contributed by atoms with Crippen LogP contribution in [0, 0.1) is 6.92 Å². The van der Waals surface area contributed by atoms with Crippen LogP contribution in [0.4, 0.5) is 11.5 Å². The van der Waals surface area contributed by atoms with Gasteiger partial charge >= 0.3 is 0 Å². The summed E-state index contributed by atoms with van der Waals surface area (Å²) >= 11 is 0. The molecule has 150 valence electrons. The number of nitrogens with zero attached hydrogens (tertiary/aromatic N) is 3. The molecule has 0 radical (unpaired) electrons. The third-order valence-corrected chi connectivity index (χ3v) is 4.44. The Bertz CT molecular complexity index is 775. The van der Waals surface area contributed by atoms with Gasteiger partial charge in [-0.2, -0.15) is 0 Å². The Morgan fingerprint density at radius 1 is 1.04 bits per heavy atom. The van der Waals surface area contributed by atoms with E-state index in [1.807, 2.05) is 49.4 Å². The molecule has 0 unspecified atom stereocenters. The molecule has 3 rings (SSSR count). The molecule has 28 heavy (non-hydrogen) atoms. The lowest BCUT2D eigenvalue weighted by molar-refractivity contribution is -0.116. The maximum atomic E-state index is 12.2. The zero-order valence-corrected chi connectivity index (χ0v) is 18.6. The van der Waals surface area contributed by atoms with Crippen molar-refractivity contribution >= 4 is 47.3 Å². The number of halogens is 1. The Hall–Kier alpha value is -2.16. The second-order valence-electron chi connectivity index (χ2n) is 6.71. The van der Waals surface area contributed by atoms with Crippen LogP contribution >= 0.6 is 24.0 Å². The SMILES string of the molecule is Cc1cccc(NC(=O)CCN=C(Nc2ccccc2)N2CCCCC2)n1.I. The van der Waals surface area contributed by atoms with Crippen LogP contribution in [-0.4, -0.2) is 41.4 Å². The normalized spacial score (nSPS) is 14.2. The molecule has 0 aliphatic carbocycles. The summed E-state index contributed by atoms with van der Waals surface area (Å²) in [4.78, 5) is 23.4. The van der Waals surface area contributed by atoms with E-state index in [1.54, 1.807) is 6.07 Å². The molecule has 0 spiro atoms. The number of anilines is 2. The number of pyridine rings is 1. The number of benzene rings is 1. The number of guanidine groups is 1. The predicted molar refractivity (Wildman–Crippen MR) is 125 cm³/mol. The number of carbonyl (C=O) groups is 1. The molecule has 6 nitrogen and oxygen atoms in total. The summed E-state index contributed by atoms with van der Waals surface area (Å²) < 4.78 is 0. The summed E-state index contributed by atoms with van der Waals surface area (Å²) in [5, 5.41) is 6.24. The van der Waals surface area contributed by atoms with Crippen molar-refractivity contribution in [2.45, 2.75) is 32.6 Å². The molecule has 2 aromatic rings. The van der Waals surface area contributed by atoms with Crippen LogP contribution in [-0.2, 0) is 4.79 Å². The van der Waals surface area contributed by atoms with Gasteiger partial charge in [-0.05, 0) is 50.5 Å². The summed E-state index contributed by atoms with van der Waals surface area (Å²) in [6.07, 6.45) is 3.94. The summed E-state index contributed by atoms with van der Waals surface area (Å²) in [6, 6.07) is 15.6. The van der Waals surface area contributed by atoms with Crippen LogP contribution in [0.2, 0.25) is 0 Å². The Balaban J connectivity index is 0.00000280. The maximum Gasteiger partial charge on any atom is 0.227 e. The molecule has 0 atom stereocenters. The van der Waals surface area contributed by atoms with E-state index in [1.165, 1.54) is 19.3 Å². The van der Waals surface area contributed by atoms with Crippen LogP contribution in [0.5, 0.6) is 0 Å². The average Bonchev–Trinajstić information content (AvgIpc) is 2.69. The number of hydrogen-bond donors (Lipinski definition) is 2. The van der Waals surface area contributed by atoms with Gasteiger partial charge in [0.1, 0.15) is 5.82 Å². The van der Waals surface area contributed by atoms with Gasteiger partial charge in [0.2, 0.25) is 5.91 Å². The van der Waals surface area contributed by atoms with Gasteiger partial charge in [-0.25, -0.2) is 4.98 Å². The number of aromatic nitrogens is 1. The molecule has 1 fully saturated rings. The molecule has 7 heteroatoms. The largest absolute Gasteiger partial charge is 0.343 e. The van der Waals surface area contributed by atoms with E-state index in [4.69, 9.17) is 4.99 Å². The fraction of sp³-hybridized carbons (Fsp3) is 0.381. The number of para-hydroxylation sites is 1. The van der Waals surface area contributed by atoms with Crippen LogP contribution < -0.4 is 10.6 Å². The zero-order valence-electron chi connectivity index (χ0n) is 16.2. The van der Waals surface area contributed by atoms with Crippen molar-refractivity contribution in [1.29, 1.82) is 0 Å². The van der Waals surface area contributed by atoms with Crippen LogP contribution in [0.3, 0.4) is 0 Å². The standard InChI is InChI=1S/C21H27N5O.HI/c1-17-9-8-12-19(23-17)25-20(27)13-14-22-21(26-15-6-3-7-16-26)24-18-10-4-2-5-11-18;/h2,4-5,8-12H,3,6-7,13-16H2,1H3,(H,22,24)(H,23,25,27);1H. The number of aliphatic imine (C=N–C) groups is 1. The van der Waals surface area contributed by atoms with Crippen molar-refractivity contribution in [3.63, 3.8) is 0 Å². The highest BCUT2D eigenvalue weighted by Crippen LogP contribution is 2.13. The molecular weight excluding hydrogens is 465 g/mol. The third-order valence-electron chi connectivity index (χ3n) is 4.44. The fourth-order valence-corrected chi connectivity index (χ4v) is 3.06. The second-order valence-corrected chi connectivity index (χ2v) is 6.71. The van der Waals surface area contributed by atoms with E-state index in [2.05, 4.69) is 20.5 Å². The Labute approximate surface area is 183 Å². The molecule has 0 saturated carbocycles. The molecule has 1 aromatic carbocycles. The third kappa shape index (κ3) is 7.10. The Kier molecular flexibility index (Phi) is 9.19. The van der Waals surface area contributed by atoms with Crippen molar-refractivity contribution in [3.05, 3.63) is 54.2 Å². The monoisotopic (exact) mass is 493 g/mol. The minimum Gasteiger partial charge on any atom is -0.343 e. The van der Waals surface area contributed by atoms with Crippen molar-refractivity contribution in [2.75, 3.05) is 30.3 Å². The first-order valence-electron chi connectivity index (χ1n) is 9.56. The zero-order chi connectivity index (χ0) is 18.9. The molecular formula is C21H28IN5O. The molecule has 1 aliphatic rings. The minimum atomic E-state index is -0.0745. The van der Waals surface area contributed by atoms with Gasteiger partial charge < -0.3 is 15.5 Å². The fourth-order valence-electron chi connectivity index (χ4n) is 3.06. The van der Waals surface area contributed by atoms with E-state index in [0.717, 1.165) is 30.4 Å². The van der Waals surface area contributed by atoms with Crippen molar-refractivity contribution < 1.29 is 4.79 Å². The lowest BCUT2D eigenvalue weighted by Crippen LogP contribution is -2.40. The quantitative estimate of drug-likeness (QED) is 0.371. The molecule has 1 aliphatic heterocycles. The first-order chi connectivity index (χ1) is 13.2. The van der Waals surface area contributed by atoms with Crippen LogP contribution in [0.15, 0.2) is 53.5 Å². The number of amides is 1. The molecule has 1 saturated heterocycles. The lowest BCUT2D eigenvalue weighted by atomic mass is 10.1. The molecule has 1 amide bonds. The summed E-state index contributed by atoms with van der Waals surface area (Å²) in [5.74, 6) is 1.36. The van der Waals surface area contributed by atoms with E-state index in [0.29, 0.717) is 18.8 Å². The van der Waals surface area contributed by atoms with Gasteiger partial charge in [-0.15, -0.1) is 24.0 Å². The Morgan fingerprint density at radius 3 is 2.50 bits per heavy atom. The van der Waals surface area contributed by atoms with E-state index in [9.17, 15) is 4.79 Å². The first kappa shape index (κ1) is 22.1. The lowest BCUT2D eigenvalue weighted by Gasteiger charge is -2.30. The van der Waals surface area contributed by atoms with Gasteiger partial charge in [0, 0.05) is 30.9 Å². The van der Waals surface area contributed by atoms with E-state index >= 15 is 0 Å². The van der Waals surface area contributed by atoms with Crippen LogP contribution in [0.1, 0.15) is 31.4 Å². The predicted octanol–water partition coefficient (Wildman–Crippen LogP) is 4.29. The highest BCUT2D eigenvalue weighted by molar-refractivity contribution is 14.0.